The highest BCUT2D eigenvalue weighted by molar-refractivity contribution is 6.30. The molecule has 1 aromatic rings. The van der Waals surface area contributed by atoms with Crippen LogP contribution >= 0.6 is 11.6 Å². The van der Waals surface area contributed by atoms with Gasteiger partial charge in [0, 0.05) is 11.8 Å². The van der Waals surface area contributed by atoms with Crippen LogP contribution in [0.15, 0.2) is 12.3 Å². The van der Waals surface area contributed by atoms with Gasteiger partial charge in [-0.1, -0.05) is 11.6 Å². The average Bonchev–Trinajstić information content (AvgIpc) is 1.94. The third kappa shape index (κ3) is 1.68. The first-order valence-corrected chi connectivity index (χ1v) is 3.34. The summed E-state index contributed by atoms with van der Waals surface area (Å²) >= 11 is 5.41. The third-order valence-corrected chi connectivity index (χ3v) is 1.52. The number of ketones is 1. The summed E-state index contributed by atoms with van der Waals surface area (Å²) in [5.74, 6) is -0.316. The van der Waals surface area contributed by atoms with Gasteiger partial charge in [-0.25, -0.2) is 4.98 Å². The van der Waals surface area contributed by atoms with Crippen LogP contribution in [0.25, 0.3) is 0 Å². The molecular formula is C7H6ClNO2. The lowest BCUT2D eigenvalue weighted by atomic mass is 10.2. The van der Waals surface area contributed by atoms with Gasteiger partial charge in [0.05, 0.1) is 0 Å². The van der Waals surface area contributed by atoms with Gasteiger partial charge in [-0.15, -0.1) is 0 Å². The lowest BCUT2D eigenvalue weighted by molar-refractivity contribution is 0.101. The van der Waals surface area contributed by atoms with E-state index in [1.54, 1.807) is 0 Å². The van der Waals surface area contributed by atoms with E-state index < -0.39 is 0 Å². The van der Waals surface area contributed by atoms with Gasteiger partial charge in [-0.3, -0.25) is 4.79 Å². The van der Waals surface area contributed by atoms with Gasteiger partial charge in [0.25, 0.3) is 0 Å². The molecule has 0 aromatic carbocycles. The molecule has 0 aliphatic heterocycles. The van der Waals surface area contributed by atoms with Crippen LogP contribution in [0, 0.1) is 0 Å². The molecule has 11 heavy (non-hydrogen) atoms. The van der Waals surface area contributed by atoms with Crippen LogP contribution in [0.5, 0.6) is 5.75 Å². The quantitative estimate of drug-likeness (QED) is 0.516. The molecular weight excluding hydrogens is 166 g/mol. The van der Waals surface area contributed by atoms with Crippen LogP contribution < -0.4 is 0 Å². The van der Waals surface area contributed by atoms with Gasteiger partial charge in [-0.2, -0.15) is 0 Å². The Morgan fingerprint density at radius 3 is 2.82 bits per heavy atom. The number of carbonyl (C=O) groups is 1. The van der Waals surface area contributed by atoms with Crippen LogP contribution in [0.4, 0.5) is 0 Å². The topological polar surface area (TPSA) is 50.2 Å². The van der Waals surface area contributed by atoms with E-state index >= 15 is 0 Å². The highest BCUT2D eigenvalue weighted by Gasteiger charge is 2.03. The lowest BCUT2D eigenvalue weighted by Crippen LogP contribution is -1.92. The number of halogens is 1. The number of hydrogen-bond acceptors (Lipinski definition) is 3. The molecule has 0 spiro atoms. The van der Waals surface area contributed by atoms with Crippen LogP contribution in [-0.2, 0) is 0 Å². The van der Waals surface area contributed by atoms with Crippen LogP contribution in [-0.4, -0.2) is 15.9 Å². The minimum absolute atomic E-state index is 0.00926. The Hall–Kier alpha value is -1.09. The summed E-state index contributed by atoms with van der Waals surface area (Å²) in [6.07, 6.45) is 1.32. The number of aromatic hydroxyl groups is 1. The molecule has 1 heterocycles. The highest BCUT2D eigenvalue weighted by Crippen LogP contribution is 2.20. The van der Waals surface area contributed by atoms with E-state index in [0.29, 0.717) is 5.56 Å². The zero-order valence-electron chi connectivity index (χ0n) is 5.84. The van der Waals surface area contributed by atoms with E-state index in [-0.39, 0.29) is 16.7 Å². The standard InChI is InChI=1S/C7H6ClNO2/c1-4(10)5-2-6(11)7(8)9-3-5/h2-3,11H,1H3. The summed E-state index contributed by atoms with van der Waals surface area (Å²) in [5.41, 5.74) is 0.354. The lowest BCUT2D eigenvalue weighted by Gasteiger charge is -1.96. The average molecular weight is 172 g/mol. The Bertz CT molecular complexity index is 298. The maximum absolute atomic E-state index is 10.7. The Morgan fingerprint density at radius 1 is 1.73 bits per heavy atom. The third-order valence-electron chi connectivity index (χ3n) is 1.23. The number of Topliss-reactive ketones (excluding diaryl/α,β-unsaturated/α-hetero) is 1. The molecule has 0 aliphatic rings. The molecule has 58 valence electrons. The summed E-state index contributed by atoms with van der Waals surface area (Å²) < 4.78 is 0. The Morgan fingerprint density at radius 2 is 2.36 bits per heavy atom. The van der Waals surface area contributed by atoms with Crippen molar-refractivity contribution < 1.29 is 9.90 Å². The molecule has 0 amide bonds. The monoisotopic (exact) mass is 171 g/mol. The fraction of sp³-hybridized carbons (Fsp3) is 0.143. The van der Waals surface area contributed by atoms with Crippen LogP contribution in [0.2, 0.25) is 5.15 Å². The molecule has 0 saturated heterocycles. The van der Waals surface area contributed by atoms with Gasteiger partial charge in [0.1, 0.15) is 0 Å². The number of nitrogens with zero attached hydrogens (tertiary/aromatic N) is 1. The maximum atomic E-state index is 10.7. The Kier molecular flexibility index (Phi) is 2.10. The molecule has 1 N–H and O–H groups in total. The van der Waals surface area contributed by atoms with E-state index in [0.717, 1.165) is 0 Å². The van der Waals surface area contributed by atoms with E-state index in [2.05, 4.69) is 4.98 Å². The first kappa shape index (κ1) is 8.01. The van der Waals surface area contributed by atoms with Gasteiger partial charge in [0.2, 0.25) is 0 Å². The van der Waals surface area contributed by atoms with E-state index in [9.17, 15) is 4.79 Å². The Labute approximate surface area is 68.6 Å². The zero-order chi connectivity index (χ0) is 8.43. The van der Waals surface area contributed by atoms with Gasteiger partial charge in [-0.05, 0) is 13.0 Å². The zero-order valence-corrected chi connectivity index (χ0v) is 6.59. The summed E-state index contributed by atoms with van der Waals surface area (Å²) in [7, 11) is 0. The number of hydrogen-bond donors (Lipinski definition) is 1. The molecule has 0 unspecified atom stereocenters. The smallest absolute Gasteiger partial charge is 0.170 e. The van der Waals surface area contributed by atoms with E-state index in [1.807, 2.05) is 0 Å². The number of carbonyl (C=O) groups excluding carboxylic acids is 1. The number of rotatable bonds is 1. The molecule has 0 fully saturated rings. The molecule has 3 nitrogen and oxygen atoms in total. The molecule has 0 aliphatic carbocycles. The molecule has 0 atom stereocenters. The van der Waals surface area contributed by atoms with Gasteiger partial charge < -0.3 is 5.11 Å². The predicted octanol–water partition coefficient (Wildman–Crippen LogP) is 1.64. The Balaban J connectivity index is 3.15. The summed E-state index contributed by atoms with van der Waals surface area (Å²) in [6, 6.07) is 1.29. The fourth-order valence-corrected chi connectivity index (χ4v) is 0.732. The maximum Gasteiger partial charge on any atom is 0.170 e. The van der Waals surface area contributed by atoms with Crippen LogP contribution in [0.3, 0.4) is 0 Å². The van der Waals surface area contributed by atoms with E-state index in [1.165, 1.54) is 19.2 Å². The first-order valence-electron chi connectivity index (χ1n) is 2.96. The second-order valence-corrected chi connectivity index (χ2v) is 2.45. The van der Waals surface area contributed by atoms with Crippen molar-refractivity contribution in [1.29, 1.82) is 0 Å². The van der Waals surface area contributed by atoms with Crippen molar-refractivity contribution in [2.75, 3.05) is 0 Å². The van der Waals surface area contributed by atoms with Crippen molar-refractivity contribution in [2.45, 2.75) is 6.92 Å². The fourth-order valence-electron chi connectivity index (χ4n) is 0.629. The van der Waals surface area contributed by atoms with E-state index in [4.69, 9.17) is 16.7 Å². The normalized spacial score (nSPS) is 9.64. The largest absolute Gasteiger partial charge is 0.505 e. The second kappa shape index (κ2) is 2.88. The molecule has 0 bridgehead atoms. The number of pyridine rings is 1. The summed E-state index contributed by atoms with van der Waals surface area (Å²) in [4.78, 5) is 14.3. The number of aromatic nitrogens is 1. The minimum atomic E-state index is -0.167. The second-order valence-electron chi connectivity index (χ2n) is 2.09. The molecule has 1 aromatic heterocycles. The minimum Gasteiger partial charge on any atom is -0.505 e. The predicted molar refractivity (Wildman–Crippen MR) is 40.9 cm³/mol. The van der Waals surface area contributed by atoms with Crippen molar-refractivity contribution >= 4 is 17.4 Å². The molecule has 0 saturated carbocycles. The molecule has 1 rings (SSSR count). The van der Waals surface area contributed by atoms with Gasteiger partial charge in [0.15, 0.2) is 16.7 Å². The molecule has 4 heteroatoms. The highest BCUT2D eigenvalue weighted by atomic mass is 35.5. The van der Waals surface area contributed by atoms with Crippen molar-refractivity contribution in [2.24, 2.45) is 0 Å². The summed E-state index contributed by atoms with van der Waals surface area (Å²) in [6.45, 7) is 1.39. The van der Waals surface area contributed by atoms with Crippen molar-refractivity contribution in [1.82, 2.24) is 4.98 Å². The van der Waals surface area contributed by atoms with Crippen molar-refractivity contribution in [3.8, 4) is 5.75 Å². The summed E-state index contributed by atoms with van der Waals surface area (Å²) in [5, 5.41) is 9.01. The molecule has 0 radical (unpaired) electrons. The van der Waals surface area contributed by atoms with Gasteiger partial charge >= 0.3 is 0 Å². The first-order chi connectivity index (χ1) is 5.11. The SMILES string of the molecule is CC(=O)c1cnc(Cl)c(O)c1. The van der Waals surface area contributed by atoms with Crippen molar-refractivity contribution in [3.63, 3.8) is 0 Å². The van der Waals surface area contributed by atoms with Crippen LogP contribution in [0.1, 0.15) is 17.3 Å². The van der Waals surface area contributed by atoms with Crippen molar-refractivity contribution in [3.05, 3.63) is 23.0 Å².